The number of ether oxygens (including phenoxy) is 1. The number of anilines is 1. The molecule has 13 nitrogen and oxygen atoms in total. The van der Waals surface area contributed by atoms with E-state index in [2.05, 4.69) is 20.4 Å². The van der Waals surface area contributed by atoms with Crippen LogP contribution in [-0.4, -0.2) is 77.3 Å². The van der Waals surface area contributed by atoms with Crippen molar-refractivity contribution >= 4 is 28.9 Å². The second kappa shape index (κ2) is 12.1. The van der Waals surface area contributed by atoms with Gasteiger partial charge in [-0.15, -0.1) is 5.10 Å². The van der Waals surface area contributed by atoms with Gasteiger partial charge in [0.05, 0.1) is 24.5 Å². The van der Waals surface area contributed by atoms with E-state index in [1.807, 2.05) is 6.08 Å². The van der Waals surface area contributed by atoms with E-state index in [0.29, 0.717) is 81.2 Å². The lowest BCUT2D eigenvalue weighted by Crippen LogP contribution is -2.46. The summed E-state index contributed by atoms with van der Waals surface area (Å²) in [6.45, 7) is 4.27. The number of carbonyl (C=O) groups is 2. The standard InChI is InChI=1S/C33H33F3N8O5/c1-18-15-21(33(34,35)36)3-4-22(18)39-24(45)16-43-23-5-8-32(9-11-42(12-10-32)30(48)26-27(46)19(2)37-17-38-26)25(23)29(47)44-31(43)40-28(41-44)20-6-13-49-14-7-20/h3-4,6,15,17,46H,5,7-14,16H2,1-2H3,(H,39,45). The zero-order chi connectivity index (χ0) is 34.7. The molecule has 3 aromatic heterocycles. The Morgan fingerprint density at radius 3 is 2.57 bits per heavy atom. The Morgan fingerprint density at radius 1 is 1.10 bits per heavy atom. The van der Waals surface area contributed by atoms with Gasteiger partial charge >= 0.3 is 6.18 Å². The maximum atomic E-state index is 14.3. The number of rotatable bonds is 5. The normalized spacial score (nSPS) is 17.3. The van der Waals surface area contributed by atoms with Gasteiger partial charge in [-0.05, 0) is 75.3 Å². The highest BCUT2D eigenvalue weighted by Gasteiger charge is 2.46. The summed E-state index contributed by atoms with van der Waals surface area (Å²) in [4.78, 5) is 55.3. The summed E-state index contributed by atoms with van der Waals surface area (Å²) in [6, 6.07) is 3.12. The number of likely N-dealkylation sites (tertiary alicyclic amines) is 1. The third kappa shape index (κ3) is 5.72. The minimum absolute atomic E-state index is 0.0776. The van der Waals surface area contributed by atoms with Crippen LogP contribution in [0.5, 0.6) is 5.75 Å². The molecule has 0 radical (unpaired) electrons. The van der Waals surface area contributed by atoms with E-state index in [-0.39, 0.29) is 40.6 Å². The van der Waals surface area contributed by atoms with Gasteiger partial charge in [-0.1, -0.05) is 6.08 Å². The minimum atomic E-state index is -4.52. The molecule has 4 aromatic rings. The summed E-state index contributed by atoms with van der Waals surface area (Å²) < 4.78 is 48.0. The maximum absolute atomic E-state index is 14.3. The van der Waals surface area contributed by atoms with Crippen LogP contribution in [0.15, 0.2) is 35.4 Å². The predicted octanol–water partition coefficient (Wildman–Crippen LogP) is 3.58. The number of fused-ring (bicyclic) bond motifs is 3. The van der Waals surface area contributed by atoms with Crippen molar-refractivity contribution in [1.29, 1.82) is 0 Å². The van der Waals surface area contributed by atoms with Crippen molar-refractivity contribution in [2.45, 2.75) is 64.1 Å². The Balaban J connectivity index is 1.23. The number of hydrogen-bond acceptors (Lipinski definition) is 9. The van der Waals surface area contributed by atoms with Crippen molar-refractivity contribution in [2.75, 3.05) is 31.6 Å². The molecule has 5 heterocycles. The summed E-state index contributed by atoms with van der Waals surface area (Å²) in [5.74, 6) is -0.664. The van der Waals surface area contributed by atoms with E-state index >= 15 is 0 Å². The Morgan fingerprint density at radius 2 is 1.88 bits per heavy atom. The van der Waals surface area contributed by atoms with Crippen LogP contribution in [0.1, 0.15) is 70.1 Å². The molecule has 2 aliphatic heterocycles. The zero-order valence-corrected chi connectivity index (χ0v) is 26.8. The lowest BCUT2D eigenvalue weighted by Gasteiger charge is -2.39. The molecule has 0 atom stereocenters. The van der Waals surface area contributed by atoms with Gasteiger partial charge in [-0.3, -0.25) is 14.4 Å². The number of aromatic hydroxyl groups is 1. The van der Waals surface area contributed by atoms with E-state index in [4.69, 9.17) is 9.72 Å². The van der Waals surface area contributed by atoms with Crippen LogP contribution in [-0.2, 0) is 34.1 Å². The lowest BCUT2D eigenvalue weighted by molar-refractivity contribution is -0.137. The Hall–Kier alpha value is -5.12. The summed E-state index contributed by atoms with van der Waals surface area (Å²) >= 11 is 0. The Bertz CT molecular complexity index is 2100. The highest BCUT2D eigenvalue weighted by Crippen LogP contribution is 2.45. The maximum Gasteiger partial charge on any atom is 0.416 e. The highest BCUT2D eigenvalue weighted by molar-refractivity contribution is 5.95. The van der Waals surface area contributed by atoms with Crippen LogP contribution in [0, 0.1) is 13.8 Å². The van der Waals surface area contributed by atoms with Gasteiger partial charge < -0.3 is 24.6 Å². The van der Waals surface area contributed by atoms with Gasteiger partial charge in [-0.2, -0.15) is 22.7 Å². The molecule has 49 heavy (non-hydrogen) atoms. The molecule has 1 spiro atoms. The molecule has 1 aromatic carbocycles. The highest BCUT2D eigenvalue weighted by atomic mass is 19.4. The average molecular weight is 679 g/mol. The monoisotopic (exact) mass is 678 g/mol. The van der Waals surface area contributed by atoms with E-state index in [1.54, 1.807) is 16.4 Å². The smallest absolute Gasteiger partial charge is 0.416 e. The third-order valence-electron chi connectivity index (χ3n) is 9.82. The predicted molar refractivity (Wildman–Crippen MR) is 169 cm³/mol. The van der Waals surface area contributed by atoms with Crippen molar-refractivity contribution in [2.24, 2.45) is 0 Å². The van der Waals surface area contributed by atoms with E-state index in [1.165, 1.54) is 23.8 Å². The third-order valence-corrected chi connectivity index (χ3v) is 9.82. The van der Waals surface area contributed by atoms with Crippen molar-refractivity contribution in [3.05, 3.63) is 80.6 Å². The number of piperidine rings is 1. The minimum Gasteiger partial charge on any atom is -0.504 e. The molecule has 2 amide bonds. The lowest BCUT2D eigenvalue weighted by atomic mass is 9.74. The van der Waals surface area contributed by atoms with Crippen molar-refractivity contribution in [1.82, 2.24) is 34.0 Å². The molecule has 3 aliphatic rings. The number of nitrogens with one attached hydrogen (secondary N) is 1. The average Bonchev–Trinajstić information content (AvgIpc) is 3.69. The van der Waals surface area contributed by atoms with Gasteiger partial charge in [0.1, 0.15) is 12.9 Å². The molecule has 0 saturated carbocycles. The van der Waals surface area contributed by atoms with Gasteiger partial charge in [0, 0.05) is 35.4 Å². The summed E-state index contributed by atoms with van der Waals surface area (Å²) in [5.41, 5.74) is 0.915. The molecular formula is C33H33F3N8O5. The molecule has 1 fully saturated rings. The number of aromatic nitrogens is 6. The first-order valence-electron chi connectivity index (χ1n) is 15.9. The van der Waals surface area contributed by atoms with Crippen LogP contribution in [0.25, 0.3) is 11.4 Å². The molecule has 2 N–H and O–H groups in total. The first kappa shape index (κ1) is 32.4. The SMILES string of the molecule is Cc1cc(C(F)(F)F)ccc1NC(=O)Cn1c2c(c(=O)n3nc(C4=CCOCC4)nc13)C1(CC2)CCN(C(=O)c2ncnc(C)c2O)CC1. The molecule has 16 heteroatoms. The van der Waals surface area contributed by atoms with E-state index < -0.39 is 29.0 Å². The van der Waals surface area contributed by atoms with E-state index in [9.17, 15) is 32.7 Å². The van der Waals surface area contributed by atoms with E-state index in [0.717, 1.165) is 17.7 Å². The quantitative estimate of drug-likeness (QED) is 0.322. The molecular weight excluding hydrogens is 645 g/mol. The fourth-order valence-corrected chi connectivity index (χ4v) is 7.13. The van der Waals surface area contributed by atoms with Crippen LogP contribution in [0.2, 0.25) is 0 Å². The van der Waals surface area contributed by atoms with Gasteiger partial charge in [-0.25, -0.2) is 9.97 Å². The van der Waals surface area contributed by atoms with Gasteiger partial charge in [0.15, 0.2) is 17.3 Å². The number of aryl methyl sites for hydroxylation is 2. The summed E-state index contributed by atoms with van der Waals surface area (Å²) in [6.07, 6.45) is 1.09. The molecule has 7 rings (SSSR count). The van der Waals surface area contributed by atoms with Crippen LogP contribution >= 0.6 is 0 Å². The number of alkyl halides is 3. The van der Waals surface area contributed by atoms with Gasteiger partial charge in [0.2, 0.25) is 11.7 Å². The van der Waals surface area contributed by atoms with Crippen LogP contribution in [0.3, 0.4) is 0 Å². The van der Waals surface area contributed by atoms with Crippen LogP contribution < -0.4 is 10.9 Å². The van der Waals surface area contributed by atoms with Crippen molar-refractivity contribution < 1.29 is 32.6 Å². The fraction of sp³-hybridized carbons (Fsp3) is 0.424. The fourth-order valence-electron chi connectivity index (χ4n) is 7.13. The number of halogens is 3. The largest absolute Gasteiger partial charge is 0.504 e. The first-order valence-corrected chi connectivity index (χ1v) is 15.9. The topological polar surface area (TPSA) is 157 Å². The number of carbonyl (C=O) groups excluding carboxylic acids is 2. The second-order valence-electron chi connectivity index (χ2n) is 12.7. The number of hydrogen-bond donors (Lipinski definition) is 2. The second-order valence-corrected chi connectivity index (χ2v) is 12.7. The molecule has 1 saturated heterocycles. The molecule has 1 aliphatic carbocycles. The zero-order valence-electron chi connectivity index (χ0n) is 26.8. The van der Waals surface area contributed by atoms with Crippen molar-refractivity contribution in [3.63, 3.8) is 0 Å². The molecule has 0 unspecified atom stereocenters. The molecule has 0 bridgehead atoms. The number of nitrogens with zero attached hydrogens (tertiary/aromatic N) is 7. The summed E-state index contributed by atoms with van der Waals surface area (Å²) in [5, 5.41) is 17.7. The van der Waals surface area contributed by atoms with Crippen molar-refractivity contribution in [3.8, 4) is 5.75 Å². The van der Waals surface area contributed by atoms with Crippen LogP contribution in [0.4, 0.5) is 18.9 Å². The Labute approximate surface area is 277 Å². The number of benzene rings is 1. The molecule has 256 valence electrons. The summed E-state index contributed by atoms with van der Waals surface area (Å²) in [7, 11) is 0. The number of amides is 2. The van der Waals surface area contributed by atoms with Gasteiger partial charge in [0.25, 0.3) is 11.5 Å². The Kier molecular flexibility index (Phi) is 8.00. The first-order chi connectivity index (χ1) is 23.4.